The van der Waals surface area contributed by atoms with Gasteiger partial charge in [-0.05, 0) is 48.0 Å². The number of anilines is 1. The lowest BCUT2D eigenvalue weighted by Gasteiger charge is -2.23. The van der Waals surface area contributed by atoms with E-state index in [1.807, 2.05) is 0 Å². The number of nitrogens with one attached hydrogen (secondary N) is 1. The first-order chi connectivity index (χ1) is 15.2. The van der Waals surface area contributed by atoms with Gasteiger partial charge < -0.3 is 14.6 Å². The van der Waals surface area contributed by atoms with E-state index in [0.717, 1.165) is 23.8 Å². The van der Waals surface area contributed by atoms with Crippen LogP contribution in [0.5, 0.6) is 0 Å². The van der Waals surface area contributed by atoms with Crippen LogP contribution >= 0.6 is 23.4 Å². The van der Waals surface area contributed by atoms with Crippen molar-refractivity contribution in [2.45, 2.75) is 18.1 Å². The molecule has 1 aliphatic heterocycles. The molecule has 4 rings (SSSR count). The third kappa shape index (κ3) is 4.78. The van der Waals surface area contributed by atoms with Crippen molar-refractivity contribution >= 4 is 40.9 Å². The average molecular weight is 481 g/mol. The molecule has 0 spiro atoms. The smallest absolute Gasteiger partial charge is 0.416 e. The molecule has 0 saturated carbocycles. The topological polar surface area (TPSA) is 62.6 Å². The minimum absolute atomic E-state index is 0.00240. The van der Waals surface area contributed by atoms with Gasteiger partial charge in [0.05, 0.1) is 34.8 Å². The Morgan fingerprint density at radius 1 is 1.19 bits per heavy atom. The molecule has 2 amide bonds. The number of amides is 2. The summed E-state index contributed by atoms with van der Waals surface area (Å²) < 4.78 is 44.2. The number of carbonyl (C=O) groups excluding carboxylic acids is 2. The van der Waals surface area contributed by atoms with E-state index in [9.17, 15) is 22.8 Å². The molecule has 0 aliphatic carbocycles. The number of benzene rings is 2. The van der Waals surface area contributed by atoms with Gasteiger partial charge >= 0.3 is 6.18 Å². The van der Waals surface area contributed by atoms with Crippen molar-refractivity contribution < 1.29 is 27.2 Å². The Hall–Kier alpha value is -2.91. The van der Waals surface area contributed by atoms with E-state index in [-0.39, 0.29) is 27.6 Å². The molecule has 32 heavy (non-hydrogen) atoms. The van der Waals surface area contributed by atoms with Crippen LogP contribution in [0.25, 0.3) is 0 Å². The van der Waals surface area contributed by atoms with Gasteiger partial charge in [0.2, 0.25) is 5.91 Å². The maximum absolute atomic E-state index is 12.9. The summed E-state index contributed by atoms with van der Waals surface area (Å²) in [5, 5.41) is 2.18. The third-order valence-corrected chi connectivity index (χ3v) is 6.46. The van der Waals surface area contributed by atoms with Gasteiger partial charge in [-0.1, -0.05) is 23.7 Å². The monoisotopic (exact) mass is 480 g/mol. The Bertz CT molecular complexity index is 1130. The molecule has 2 heterocycles. The number of rotatable bonds is 5. The van der Waals surface area contributed by atoms with Gasteiger partial charge in [-0.25, -0.2) is 0 Å². The van der Waals surface area contributed by atoms with Gasteiger partial charge in [-0.15, -0.1) is 11.8 Å². The van der Waals surface area contributed by atoms with E-state index < -0.39 is 17.6 Å². The molecule has 10 heteroatoms. The Kier molecular flexibility index (Phi) is 6.21. The van der Waals surface area contributed by atoms with E-state index in [4.69, 9.17) is 16.0 Å². The minimum atomic E-state index is -4.55. The van der Waals surface area contributed by atoms with E-state index in [1.165, 1.54) is 11.8 Å². The fourth-order valence-electron chi connectivity index (χ4n) is 3.26. The number of halogens is 4. The SMILES string of the molecule is O=C(Nc1cc(C(F)(F)F)ccc1Cl)c1ccc([C@@H]2SCC(=O)N2Cc2ccco2)cc1. The fraction of sp³-hybridized carbons (Fsp3) is 0.182. The summed E-state index contributed by atoms with van der Waals surface area (Å²) in [4.78, 5) is 26.5. The van der Waals surface area contributed by atoms with Crippen molar-refractivity contribution in [3.63, 3.8) is 0 Å². The van der Waals surface area contributed by atoms with E-state index in [2.05, 4.69) is 5.32 Å². The van der Waals surface area contributed by atoms with Crippen LogP contribution in [0.4, 0.5) is 18.9 Å². The van der Waals surface area contributed by atoms with Crippen LogP contribution in [0.3, 0.4) is 0 Å². The second-order valence-corrected chi connectivity index (χ2v) is 8.51. The van der Waals surface area contributed by atoms with E-state index in [1.54, 1.807) is 47.6 Å². The Labute approximate surface area is 190 Å². The van der Waals surface area contributed by atoms with Crippen LogP contribution in [0.2, 0.25) is 5.02 Å². The molecule has 1 atom stereocenters. The lowest BCUT2D eigenvalue weighted by Crippen LogP contribution is -2.27. The number of alkyl halides is 3. The first-order valence-corrected chi connectivity index (χ1v) is 10.9. The maximum Gasteiger partial charge on any atom is 0.416 e. The molecule has 0 radical (unpaired) electrons. The molecule has 1 fully saturated rings. The highest BCUT2D eigenvalue weighted by Gasteiger charge is 2.33. The van der Waals surface area contributed by atoms with Crippen molar-refractivity contribution in [3.8, 4) is 0 Å². The summed E-state index contributed by atoms with van der Waals surface area (Å²) in [6.45, 7) is 0.333. The Morgan fingerprint density at radius 3 is 2.59 bits per heavy atom. The Morgan fingerprint density at radius 2 is 1.94 bits per heavy atom. The van der Waals surface area contributed by atoms with Gasteiger partial charge in [0, 0.05) is 5.56 Å². The van der Waals surface area contributed by atoms with Gasteiger partial charge in [0.1, 0.15) is 11.1 Å². The molecule has 1 aliphatic rings. The number of nitrogens with zero attached hydrogens (tertiary/aromatic N) is 1. The highest BCUT2D eigenvalue weighted by Crippen LogP contribution is 2.40. The van der Waals surface area contributed by atoms with Crippen LogP contribution in [-0.2, 0) is 17.5 Å². The Balaban J connectivity index is 1.49. The number of thioether (sulfide) groups is 1. The third-order valence-electron chi connectivity index (χ3n) is 4.87. The zero-order valence-electron chi connectivity index (χ0n) is 16.4. The predicted molar refractivity (Wildman–Crippen MR) is 115 cm³/mol. The second kappa shape index (κ2) is 8.91. The van der Waals surface area contributed by atoms with Crippen molar-refractivity contribution in [2.75, 3.05) is 11.1 Å². The molecule has 1 aromatic heterocycles. The fourth-order valence-corrected chi connectivity index (χ4v) is 4.62. The number of hydrogen-bond acceptors (Lipinski definition) is 4. The van der Waals surface area contributed by atoms with E-state index in [0.29, 0.717) is 18.1 Å². The highest BCUT2D eigenvalue weighted by atomic mass is 35.5. The summed E-state index contributed by atoms with van der Waals surface area (Å²) in [5.41, 5.74) is 0.0273. The predicted octanol–water partition coefficient (Wildman–Crippen LogP) is 5.98. The summed E-state index contributed by atoms with van der Waals surface area (Å²) >= 11 is 7.41. The standard InChI is InChI=1S/C22H16ClF3N2O3S/c23-17-8-7-15(22(24,25)26)10-18(17)27-20(30)13-3-5-14(6-4-13)21-28(19(29)12-32-21)11-16-2-1-9-31-16/h1-10,21H,11-12H2,(H,27,30)/t21-/m0/s1. The zero-order valence-corrected chi connectivity index (χ0v) is 17.9. The molecule has 3 aromatic rings. The highest BCUT2D eigenvalue weighted by molar-refractivity contribution is 8.00. The van der Waals surface area contributed by atoms with Crippen molar-refractivity contribution in [3.05, 3.63) is 88.3 Å². The molecule has 0 bridgehead atoms. The average Bonchev–Trinajstić information content (AvgIpc) is 3.39. The summed E-state index contributed by atoms with van der Waals surface area (Å²) in [5.74, 6) is 0.388. The van der Waals surface area contributed by atoms with Crippen LogP contribution in [-0.4, -0.2) is 22.5 Å². The van der Waals surface area contributed by atoms with Crippen LogP contribution < -0.4 is 5.32 Å². The molecule has 1 saturated heterocycles. The van der Waals surface area contributed by atoms with Crippen molar-refractivity contribution in [1.29, 1.82) is 0 Å². The first kappa shape index (κ1) is 22.3. The molecule has 1 N–H and O–H groups in total. The molecule has 2 aromatic carbocycles. The summed E-state index contributed by atoms with van der Waals surface area (Å²) in [7, 11) is 0. The van der Waals surface area contributed by atoms with Gasteiger partial charge in [0.15, 0.2) is 0 Å². The molecular weight excluding hydrogens is 465 g/mol. The van der Waals surface area contributed by atoms with E-state index >= 15 is 0 Å². The van der Waals surface area contributed by atoms with Crippen molar-refractivity contribution in [2.24, 2.45) is 0 Å². The summed E-state index contributed by atoms with van der Waals surface area (Å²) in [6.07, 6.45) is -3.01. The van der Waals surface area contributed by atoms with Crippen LogP contribution in [0.1, 0.15) is 32.6 Å². The normalized spacial score (nSPS) is 16.4. The minimum Gasteiger partial charge on any atom is -0.467 e. The van der Waals surface area contributed by atoms with Crippen molar-refractivity contribution in [1.82, 2.24) is 4.90 Å². The number of hydrogen-bond donors (Lipinski definition) is 1. The molecular formula is C22H16ClF3N2O3S. The lowest BCUT2D eigenvalue weighted by atomic mass is 10.1. The van der Waals surface area contributed by atoms with Crippen LogP contribution in [0.15, 0.2) is 65.3 Å². The van der Waals surface area contributed by atoms with Gasteiger partial charge in [0.25, 0.3) is 5.91 Å². The molecule has 0 unspecified atom stereocenters. The number of carbonyl (C=O) groups is 2. The second-order valence-electron chi connectivity index (χ2n) is 7.03. The van der Waals surface area contributed by atoms with Gasteiger partial charge in [-0.2, -0.15) is 13.2 Å². The molecule has 5 nitrogen and oxygen atoms in total. The largest absolute Gasteiger partial charge is 0.467 e. The maximum atomic E-state index is 12.9. The quantitative estimate of drug-likeness (QED) is 0.488. The summed E-state index contributed by atoms with van der Waals surface area (Å²) in [6, 6.07) is 12.8. The zero-order chi connectivity index (χ0) is 22.9. The lowest BCUT2D eigenvalue weighted by molar-refractivity contribution is -0.137. The first-order valence-electron chi connectivity index (χ1n) is 9.44. The van der Waals surface area contributed by atoms with Crippen LogP contribution in [0, 0.1) is 0 Å². The van der Waals surface area contributed by atoms with Gasteiger partial charge in [-0.3, -0.25) is 9.59 Å². The number of furan rings is 1. The molecule has 166 valence electrons.